The van der Waals surface area contributed by atoms with Crippen molar-refractivity contribution in [2.24, 2.45) is 5.73 Å². The average molecular weight is 472 g/mol. The van der Waals surface area contributed by atoms with E-state index in [1.54, 1.807) is 6.20 Å². The predicted molar refractivity (Wildman–Crippen MR) is 117 cm³/mol. The van der Waals surface area contributed by atoms with Crippen LogP contribution in [0.25, 0.3) is 0 Å². The molecule has 6 nitrogen and oxygen atoms in total. The van der Waals surface area contributed by atoms with Crippen LogP contribution in [0.3, 0.4) is 0 Å². The minimum atomic E-state index is -4.49. The van der Waals surface area contributed by atoms with Crippen LogP contribution in [0, 0.1) is 0 Å². The fourth-order valence-electron chi connectivity index (χ4n) is 3.93. The van der Waals surface area contributed by atoms with Crippen molar-refractivity contribution in [1.29, 1.82) is 0 Å². The lowest BCUT2D eigenvalue weighted by Gasteiger charge is -2.23. The summed E-state index contributed by atoms with van der Waals surface area (Å²) in [6, 6.07) is 16.0. The molecule has 1 aliphatic rings. The van der Waals surface area contributed by atoms with Crippen molar-refractivity contribution in [2.75, 3.05) is 13.2 Å². The van der Waals surface area contributed by atoms with Gasteiger partial charge in [-0.3, -0.25) is 4.98 Å². The number of hydrogen-bond donors (Lipinski definition) is 1. The van der Waals surface area contributed by atoms with Crippen LogP contribution in [0.1, 0.15) is 39.6 Å². The van der Waals surface area contributed by atoms with E-state index in [1.165, 1.54) is 12.1 Å². The van der Waals surface area contributed by atoms with Gasteiger partial charge in [0.1, 0.15) is 0 Å². The van der Waals surface area contributed by atoms with Gasteiger partial charge in [-0.1, -0.05) is 42.5 Å². The second-order valence-corrected chi connectivity index (χ2v) is 7.81. The highest BCUT2D eigenvalue weighted by atomic mass is 19.4. The summed E-state index contributed by atoms with van der Waals surface area (Å²) >= 11 is 0. The molecule has 0 spiro atoms. The third kappa shape index (κ3) is 5.73. The van der Waals surface area contributed by atoms with Crippen LogP contribution in [-0.4, -0.2) is 30.6 Å². The number of primary amides is 1. The van der Waals surface area contributed by atoms with Gasteiger partial charge in [-0.25, -0.2) is 4.79 Å². The summed E-state index contributed by atoms with van der Waals surface area (Å²) in [5, 5.41) is 0. The SMILES string of the molecule is NC(=O)O[C@@H](c1ccc(C(F)(F)F)cc1)c1nccc(Cc2ccccc2)c1CC1OCCO1. The molecule has 0 aliphatic carbocycles. The molecule has 34 heavy (non-hydrogen) atoms. The van der Waals surface area contributed by atoms with Crippen molar-refractivity contribution in [3.8, 4) is 0 Å². The van der Waals surface area contributed by atoms with E-state index >= 15 is 0 Å². The van der Waals surface area contributed by atoms with Gasteiger partial charge in [0.05, 0.1) is 24.5 Å². The normalized spacial score (nSPS) is 15.3. The molecule has 2 aromatic carbocycles. The van der Waals surface area contributed by atoms with Crippen LogP contribution in [0.5, 0.6) is 0 Å². The van der Waals surface area contributed by atoms with Crippen molar-refractivity contribution in [3.05, 3.63) is 100 Å². The fraction of sp³-hybridized carbons (Fsp3) is 0.280. The smallest absolute Gasteiger partial charge is 0.416 e. The van der Waals surface area contributed by atoms with Gasteiger partial charge in [0, 0.05) is 12.6 Å². The summed E-state index contributed by atoms with van der Waals surface area (Å²) in [6.07, 6.45) is -4.71. The van der Waals surface area contributed by atoms with Gasteiger partial charge in [0.25, 0.3) is 0 Å². The van der Waals surface area contributed by atoms with E-state index in [9.17, 15) is 18.0 Å². The lowest BCUT2D eigenvalue weighted by Crippen LogP contribution is -2.23. The van der Waals surface area contributed by atoms with E-state index in [-0.39, 0.29) is 0 Å². The molecular weight excluding hydrogens is 449 g/mol. The molecule has 1 atom stereocenters. The van der Waals surface area contributed by atoms with Gasteiger partial charge in [-0.2, -0.15) is 13.2 Å². The van der Waals surface area contributed by atoms with Crippen molar-refractivity contribution >= 4 is 6.09 Å². The predicted octanol–water partition coefficient (Wildman–Crippen LogP) is 4.79. The molecule has 0 saturated carbocycles. The molecule has 178 valence electrons. The highest BCUT2D eigenvalue weighted by Gasteiger charge is 2.32. The summed E-state index contributed by atoms with van der Waals surface area (Å²) in [6.45, 7) is 0.906. The van der Waals surface area contributed by atoms with Gasteiger partial charge in [0.2, 0.25) is 0 Å². The zero-order valence-electron chi connectivity index (χ0n) is 18.1. The number of aromatic nitrogens is 1. The minimum absolute atomic E-state index is 0.311. The number of rotatable bonds is 7. The highest BCUT2D eigenvalue weighted by molar-refractivity contribution is 5.65. The molecule has 1 aliphatic heterocycles. The van der Waals surface area contributed by atoms with Crippen LogP contribution in [0.15, 0.2) is 66.9 Å². The van der Waals surface area contributed by atoms with E-state index in [1.807, 2.05) is 36.4 Å². The third-order valence-electron chi connectivity index (χ3n) is 5.51. The monoisotopic (exact) mass is 472 g/mol. The third-order valence-corrected chi connectivity index (χ3v) is 5.51. The molecule has 0 radical (unpaired) electrons. The first kappa shape index (κ1) is 23.7. The average Bonchev–Trinajstić information content (AvgIpc) is 3.32. The molecule has 2 heterocycles. The number of carbonyl (C=O) groups excluding carboxylic acids is 1. The summed E-state index contributed by atoms with van der Waals surface area (Å²) in [4.78, 5) is 16.2. The first-order valence-corrected chi connectivity index (χ1v) is 10.7. The maximum atomic E-state index is 13.1. The van der Waals surface area contributed by atoms with Gasteiger partial charge >= 0.3 is 12.3 Å². The molecule has 0 bridgehead atoms. The van der Waals surface area contributed by atoms with Crippen molar-refractivity contribution < 1.29 is 32.2 Å². The Bertz CT molecular complexity index is 1120. The maximum absolute atomic E-state index is 13.1. The zero-order valence-corrected chi connectivity index (χ0v) is 18.1. The second kappa shape index (κ2) is 10.2. The van der Waals surface area contributed by atoms with Gasteiger partial charge in [-0.05, 0) is 46.9 Å². The molecule has 4 rings (SSSR count). The number of amides is 1. The summed E-state index contributed by atoms with van der Waals surface area (Å²) in [5.74, 6) is 0. The van der Waals surface area contributed by atoms with Crippen LogP contribution in [0.2, 0.25) is 0 Å². The van der Waals surface area contributed by atoms with E-state index < -0.39 is 30.2 Å². The number of hydrogen-bond acceptors (Lipinski definition) is 5. The highest BCUT2D eigenvalue weighted by Crippen LogP contribution is 2.34. The largest absolute Gasteiger partial charge is 0.435 e. The first-order valence-electron chi connectivity index (χ1n) is 10.7. The maximum Gasteiger partial charge on any atom is 0.416 e. The Morgan fingerprint density at radius 1 is 1.06 bits per heavy atom. The summed E-state index contributed by atoms with van der Waals surface area (Å²) in [5.41, 5.74) is 7.87. The van der Waals surface area contributed by atoms with Gasteiger partial charge < -0.3 is 19.9 Å². The number of pyridine rings is 1. The van der Waals surface area contributed by atoms with Crippen LogP contribution in [-0.2, 0) is 33.2 Å². The van der Waals surface area contributed by atoms with Gasteiger partial charge in [0.15, 0.2) is 12.4 Å². The molecule has 1 saturated heterocycles. The molecular formula is C25H23F3N2O4. The van der Waals surface area contributed by atoms with Crippen LogP contribution >= 0.6 is 0 Å². The number of nitrogens with zero attached hydrogens (tertiary/aromatic N) is 1. The lowest BCUT2D eigenvalue weighted by atomic mass is 9.92. The zero-order chi connectivity index (χ0) is 24.1. The number of benzene rings is 2. The molecule has 3 aromatic rings. The number of ether oxygens (including phenoxy) is 3. The van der Waals surface area contributed by atoms with Crippen molar-refractivity contribution in [2.45, 2.75) is 31.4 Å². The Hall–Kier alpha value is -3.43. The second-order valence-electron chi connectivity index (χ2n) is 7.81. The van der Waals surface area contributed by atoms with E-state index in [0.717, 1.165) is 28.8 Å². The standard InChI is InChI=1S/C25H23F3N2O4/c26-25(27,28)19-8-6-17(7-9-19)23(34-24(29)31)22-20(15-21-32-12-13-33-21)18(10-11-30-22)14-16-4-2-1-3-5-16/h1-11,21,23H,12-15H2,(H2,29,31)/t23-/m0/s1. The van der Waals surface area contributed by atoms with Crippen LogP contribution in [0.4, 0.5) is 18.0 Å². The van der Waals surface area contributed by atoms with Gasteiger partial charge in [-0.15, -0.1) is 0 Å². The Kier molecular flexibility index (Phi) is 7.14. The summed E-state index contributed by atoms with van der Waals surface area (Å²) < 4.78 is 55.8. The Morgan fingerprint density at radius 3 is 2.35 bits per heavy atom. The number of nitrogens with two attached hydrogens (primary N) is 1. The lowest BCUT2D eigenvalue weighted by molar-refractivity contribution is -0.137. The Morgan fingerprint density at radius 2 is 1.74 bits per heavy atom. The Balaban J connectivity index is 1.77. The number of halogens is 3. The molecule has 9 heteroatoms. The van der Waals surface area contributed by atoms with E-state index in [0.29, 0.717) is 37.3 Å². The number of carbonyl (C=O) groups is 1. The topological polar surface area (TPSA) is 83.7 Å². The molecule has 2 N–H and O–H groups in total. The molecule has 1 aromatic heterocycles. The molecule has 1 amide bonds. The number of alkyl halides is 3. The first-order chi connectivity index (χ1) is 16.3. The summed E-state index contributed by atoms with van der Waals surface area (Å²) in [7, 11) is 0. The Labute approximate surface area is 194 Å². The van der Waals surface area contributed by atoms with E-state index in [2.05, 4.69) is 4.98 Å². The minimum Gasteiger partial charge on any atom is -0.435 e. The molecule has 1 fully saturated rings. The van der Waals surface area contributed by atoms with Crippen LogP contribution < -0.4 is 5.73 Å². The fourth-order valence-corrected chi connectivity index (χ4v) is 3.93. The molecule has 0 unspecified atom stereocenters. The van der Waals surface area contributed by atoms with E-state index in [4.69, 9.17) is 19.9 Å². The quantitative estimate of drug-likeness (QED) is 0.535. The van der Waals surface area contributed by atoms with Crippen molar-refractivity contribution in [1.82, 2.24) is 4.98 Å². The van der Waals surface area contributed by atoms with Crippen molar-refractivity contribution in [3.63, 3.8) is 0 Å².